The van der Waals surface area contributed by atoms with Gasteiger partial charge in [-0.05, 0) is 35.4 Å². The molecule has 150 valence electrons. The molecule has 0 radical (unpaired) electrons. The van der Waals surface area contributed by atoms with Gasteiger partial charge in [-0.1, -0.05) is 36.4 Å². The quantitative estimate of drug-likeness (QED) is 0.514. The van der Waals surface area contributed by atoms with Crippen molar-refractivity contribution in [2.75, 3.05) is 5.75 Å². The Bertz CT molecular complexity index is 1160. The Morgan fingerprint density at radius 2 is 2.03 bits per heavy atom. The van der Waals surface area contributed by atoms with Gasteiger partial charge >= 0.3 is 0 Å². The molecule has 1 saturated heterocycles. The van der Waals surface area contributed by atoms with Crippen LogP contribution in [0.25, 0.3) is 10.9 Å². The van der Waals surface area contributed by atoms with Crippen molar-refractivity contribution in [3.8, 4) is 5.75 Å². The van der Waals surface area contributed by atoms with E-state index in [-0.39, 0.29) is 17.3 Å². The summed E-state index contributed by atoms with van der Waals surface area (Å²) in [5.41, 5.74) is 3.06. The Morgan fingerprint density at radius 3 is 2.87 bits per heavy atom. The molecule has 2 aromatic heterocycles. The van der Waals surface area contributed by atoms with Crippen molar-refractivity contribution in [1.29, 1.82) is 0 Å². The number of benzene rings is 2. The summed E-state index contributed by atoms with van der Waals surface area (Å²) in [6.07, 6.45) is 5.45. The summed E-state index contributed by atoms with van der Waals surface area (Å²) in [7, 11) is 0. The van der Waals surface area contributed by atoms with Crippen LogP contribution >= 0.6 is 11.8 Å². The number of carbonyl (C=O) groups excluding carboxylic acids is 1. The van der Waals surface area contributed by atoms with Crippen molar-refractivity contribution in [3.63, 3.8) is 0 Å². The second kappa shape index (κ2) is 8.34. The number of aromatic nitrogens is 2. The number of hydrogen-bond donors (Lipinski definition) is 1. The normalized spacial score (nSPS) is 18.5. The molecular weight excluding hydrogens is 394 g/mol. The molecule has 5 rings (SSSR count). The summed E-state index contributed by atoms with van der Waals surface area (Å²) >= 11 is 1.73. The van der Waals surface area contributed by atoms with Crippen LogP contribution in [0, 0.1) is 0 Å². The van der Waals surface area contributed by atoms with Gasteiger partial charge in [-0.25, -0.2) is 0 Å². The van der Waals surface area contributed by atoms with Crippen molar-refractivity contribution in [2.45, 2.75) is 18.0 Å². The van der Waals surface area contributed by atoms with Crippen molar-refractivity contribution >= 4 is 28.6 Å². The average molecular weight is 416 g/mol. The Labute approximate surface area is 179 Å². The lowest BCUT2D eigenvalue weighted by Crippen LogP contribution is -2.37. The predicted molar refractivity (Wildman–Crippen MR) is 120 cm³/mol. The third-order valence-corrected chi connectivity index (χ3v) is 6.49. The maximum absolute atomic E-state index is 13.2. The Hall–Kier alpha value is -3.09. The number of fused-ring (bicyclic) bond motifs is 1. The van der Waals surface area contributed by atoms with E-state index in [4.69, 9.17) is 4.74 Å². The Morgan fingerprint density at radius 1 is 1.13 bits per heavy atom. The maximum Gasteiger partial charge on any atom is 0.249 e. The molecule has 4 aromatic rings. The minimum Gasteiger partial charge on any atom is -0.489 e. The number of pyridine rings is 1. The van der Waals surface area contributed by atoms with Crippen LogP contribution in [0.3, 0.4) is 0 Å². The van der Waals surface area contributed by atoms with Crippen LogP contribution in [0.5, 0.6) is 5.75 Å². The monoisotopic (exact) mass is 415 g/mol. The molecule has 2 aromatic carbocycles. The van der Waals surface area contributed by atoms with E-state index in [0.717, 1.165) is 33.5 Å². The minimum atomic E-state index is -0.246. The molecule has 30 heavy (non-hydrogen) atoms. The molecule has 1 aliphatic rings. The third-order valence-electron chi connectivity index (χ3n) is 5.22. The summed E-state index contributed by atoms with van der Waals surface area (Å²) in [6, 6.07) is 21.6. The highest BCUT2D eigenvalue weighted by atomic mass is 32.2. The van der Waals surface area contributed by atoms with E-state index in [9.17, 15) is 4.79 Å². The standard InChI is InChI=1S/C24H21N3O2S/c28-24(21-16-30-23(26-21)19-7-4-11-25-14-19)27-12-10-18-8-9-20(13-22(18)27)29-15-17-5-2-1-3-6-17/h1-14,21,23,26H,15-16H2/t21-,23?/m0/s1. The zero-order valence-corrected chi connectivity index (χ0v) is 17.1. The fraction of sp³-hybridized carbons (Fsp3) is 0.167. The molecule has 1 aliphatic heterocycles. The van der Waals surface area contributed by atoms with Gasteiger partial charge in [0.2, 0.25) is 5.91 Å². The fourth-order valence-corrected chi connectivity index (χ4v) is 4.85. The highest BCUT2D eigenvalue weighted by Gasteiger charge is 2.31. The van der Waals surface area contributed by atoms with E-state index < -0.39 is 0 Å². The van der Waals surface area contributed by atoms with E-state index in [1.807, 2.05) is 79.1 Å². The van der Waals surface area contributed by atoms with Crippen LogP contribution < -0.4 is 10.1 Å². The minimum absolute atomic E-state index is 0.0455. The van der Waals surface area contributed by atoms with Crippen LogP contribution in [0.15, 0.2) is 85.3 Å². The van der Waals surface area contributed by atoms with E-state index in [2.05, 4.69) is 10.3 Å². The van der Waals surface area contributed by atoms with Gasteiger partial charge in [0.05, 0.1) is 16.9 Å². The van der Waals surface area contributed by atoms with E-state index in [0.29, 0.717) is 6.61 Å². The van der Waals surface area contributed by atoms with Crippen LogP contribution in [-0.4, -0.2) is 27.3 Å². The van der Waals surface area contributed by atoms with Crippen LogP contribution in [0.4, 0.5) is 0 Å². The second-order valence-corrected chi connectivity index (χ2v) is 8.38. The Kier molecular flexibility index (Phi) is 5.26. The van der Waals surface area contributed by atoms with Gasteiger partial charge in [0.15, 0.2) is 0 Å². The van der Waals surface area contributed by atoms with Crippen LogP contribution in [-0.2, 0) is 6.61 Å². The van der Waals surface area contributed by atoms with Crippen LogP contribution in [0.1, 0.15) is 21.3 Å². The highest BCUT2D eigenvalue weighted by molar-refractivity contribution is 7.99. The van der Waals surface area contributed by atoms with Crippen molar-refractivity contribution in [3.05, 3.63) is 96.4 Å². The lowest BCUT2D eigenvalue weighted by molar-refractivity contribution is 0.0879. The number of nitrogens with one attached hydrogen (secondary N) is 1. The molecule has 0 aliphatic carbocycles. The lowest BCUT2D eigenvalue weighted by Gasteiger charge is -2.14. The Balaban J connectivity index is 1.33. The molecular formula is C24H21N3O2S. The first-order valence-corrected chi connectivity index (χ1v) is 10.9. The van der Waals surface area contributed by atoms with Crippen molar-refractivity contribution in [1.82, 2.24) is 14.9 Å². The zero-order valence-electron chi connectivity index (χ0n) is 16.3. The first-order chi connectivity index (χ1) is 14.8. The molecule has 3 heterocycles. The second-order valence-electron chi connectivity index (χ2n) is 7.24. The van der Waals surface area contributed by atoms with Crippen molar-refractivity contribution < 1.29 is 9.53 Å². The molecule has 5 nitrogen and oxygen atoms in total. The molecule has 6 heteroatoms. The van der Waals surface area contributed by atoms with Gasteiger partial charge in [-0.2, -0.15) is 0 Å². The van der Waals surface area contributed by atoms with Gasteiger partial charge in [0.25, 0.3) is 0 Å². The van der Waals surface area contributed by atoms with Crippen LogP contribution in [0.2, 0.25) is 0 Å². The molecule has 0 bridgehead atoms. The number of nitrogens with zero attached hydrogens (tertiary/aromatic N) is 2. The number of carbonyl (C=O) groups is 1. The first-order valence-electron chi connectivity index (χ1n) is 9.87. The number of rotatable bonds is 5. The predicted octanol–water partition coefficient (Wildman–Crippen LogP) is 4.66. The SMILES string of the molecule is O=C([C@@H]1CSC(c2cccnc2)N1)n1ccc2ccc(OCc3ccccc3)cc21. The van der Waals surface area contributed by atoms with E-state index >= 15 is 0 Å². The largest absolute Gasteiger partial charge is 0.489 e. The van der Waals surface area contributed by atoms with Gasteiger partial charge in [-0.3, -0.25) is 19.7 Å². The molecule has 2 atom stereocenters. The number of hydrogen-bond acceptors (Lipinski definition) is 5. The smallest absolute Gasteiger partial charge is 0.249 e. The molecule has 1 N–H and O–H groups in total. The van der Waals surface area contributed by atoms with Gasteiger partial charge in [0.1, 0.15) is 12.4 Å². The topological polar surface area (TPSA) is 56.2 Å². The molecule has 1 unspecified atom stereocenters. The van der Waals surface area contributed by atoms with E-state index in [1.165, 1.54) is 0 Å². The molecule has 1 fully saturated rings. The number of ether oxygens (including phenoxy) is 1. The molecule has 0 amide bonds. The molecule has 0 saturated carbocycles. The fourth-order valence-electron chi connectivity index (χ4n) is 3.64. The third kappa shape index (κ3) is 3.84. The van der Waals surface area contributed by atoms with E-state index in [1.54, 1.807) is 22.5 Å². The highest BCUT2D eigenvalue weighted by Crippen LogP contribution is 2.33. The summed E-state index contributed by atoms with van der Waals surface area (Å²) in [5, 5.41) is 4.54. The van der Waals surface area contributed by atoms with Gasteiger partial charge in [0, 0.05) is 35.8 Å². The summed E-state index contributed by atoms with van der Waals surface area (Å²) in [6.45, 7) is 0.495. The molecule has 0 spiro atoms. The van der Waals surface area contributed by atoms with Gasteiger partial charge < -0.3 is 4.74 Å². The number of thioether (sulfide) groups is 1. The zero-order chi connectivity index (χ0) is 20.3. The first kappa shape index (κ1) is 18.9. The van der Waals surface area contributed by atoms with Crippen molar-refractivity contribution in [2.24, 2.45) is 0 Å². The maximum atomic E-state index is 13.2. The summed E-state index contributed by atoms with van der Waals surface area (Å²) in [4.78, 5) is 17.4. The van der Waals surface area contributed by atoms with Gasteiger partial charge in [-0.15, -0.1) is 11.8 Å². The average Bonchev–Trinajstić information content (AvgIpc) is 3.46. The summed E-state index contributed by atoms with van der Waals surface area (Å²) < 4.78 is 7.68. The summed E-state index contributed by atoms with van der Waals surface area (Å²) in [5.74, 6) is 1.52. The lowest BCUT2D eigenvalue weighted by atomic mass is 10.2.